The molecule has 0 atom stereocenters. The summed E-state index contributed by atoms with van der Waals surface area (Å²) >= 11 is 0. The molecule has 1 aliphatic heterocycles. The van der Waals surface area contributed by atoms with Crippen molar-refractivity contribution in [3.63, 3.8) is 0 Å². The van der Waals surface area contributed by atoms with Crippen molar-refractivity contribution in [2.24, 2.45) is 0 Å². The standard InChI is InChI=1S/C27H31N3O3S/c1-28-16-18-29(19-17-28)27(31)26-14-12-25(13-15-26)24-10-8-23(9-11-24)21-30(34(2,32)33)20-22-6-4-3-5-7-22/h3-15H,16-21H2,1-2H3. The van der Waals surface area contributed by atoms with Crippen LogP contribution in [-0.4, -0.2) is 67.9 Å². The highest BCUT2D eigenvalue weighted by atomic mass is 32.2. The molecule has 3 aromatic carbocycles. The van der Waals surface area contributed by atoms with Gasteiger partial charge in [0.2, 0.25) is 10.0 Å². The molecule has 1 heterocycles. The molecule has 6 nitrogen and oxygen atoms in total. The molecule has 1 aliphatic rings. The molecular formula is C27H31N3O3S. The number of nitrogens with zero attached hydrogens (tertiary/aromatic N) is 3. The first-order valence-corrected chi connectivity index (χ1v) is 13.3. The fraction of sp³-hybridized carbons (Fsp3) is 0.296. The van der Waals surface area contributed by atoms with E-state index in [0.29, 0.717) is 18.7 Å². The molecule has 1 fully saturated rings. The SMILES string of the molecule is CN1CCN(C(=O)c2ccc(-c3ccc(CN(Cc4ccccc4)S(C)(=O)=O)cc3)cc2)CC1. The normalized spacial score (nSPS) is 15.0. The number of carbonyl (C=O) groups is 1. The first-order valence-electron chi connectivity index (χ1n) is 11.5. The van der Waals surface area contributed by atoms with Gasteiger partial charge in [0, 0.05) is 44.8 Å². The Bertz CT molecular complexity index is 1200. The summed E-state index contributed by atoms with van der Waals surface area (Å²) in [7, 11) is -1.28. The molecule has 7 heteroatoms. The third-order valence-corrected chi connectivity index (χ3v) is 7.44. The van der Waals surface area contributed by atoms with Crippen LogP contribution < -0.4 is 0 Å². The number of hydrogen-bond acceptors (Lipinski definition) is 4. The van der Waals surface area contributed by atoms with Crippen molar-refractivity contribution in [3.8, 4) is 11.1 Å². The predicted octanol–water partition coefficient (Wildman–Crippen LogP) is 3.70. The Balaban J connectivity index is 1.43. The Kier molecular flexibility index (Phi) is 7.46. The van der Waals surface area contributed by atoms with E-state index in [-0.39, 0.29) is 5.91 Å². The summed E-state index contributed by atoms with van der Waals surface area (Å²) in [6.45, 7) is 3.97. The van der Waals surface area contributed by atoms with Crippen molar-refractivity contribution in [3.05, 3.63) is 95.6 Å². The van der Waals surface area contributed by atoms with Crippen molar-refractivity contribution >= 4 is 15.9 Å². The van der Waals surface area contributed by atoms with Gasteiger partial charge in [0.1, 0.15) is 0 Å². The van der Waals surface area contributed by atoms with Gasteiger partial charge in [-0.3, -0.25) is 4.79 Å². The second-order valence-corrected chi connectivity index (χ2v) is 10.9. The van der Waals surface area contributed by atoms with E-state index in [9.17, 15) is 13.2 Å². The number of piperazine rings is 1. The monoisotopic (exact) mass is 477 g/mol. The molecule has 0 bridgehead atoms. The first kappa shape index (κ1) is 24.1. The van der Waals surface area contributed by atoms with Gasteiger partial charge in [-0.05, 0) is 41.4 Å². The van der Waals surface area contributed by atoms with Crippen molar-refractivity contribution < 1.29 is 13.2 Å². The summed E-state index contributed by atoms with van der Waals surface area (Å²) in [5.41, 5.74) is 4.62. The summed E-state index contributed by atoms with van der Waals surface area (Å²) in [6.07, 6.45) is 1.25. The Morgan fingerprint density at radius 2 is 1.26 bits per heavy atom. The van der Waals surface area contributed by atoms with Crippen LogP contribution in [0.3, 0.4) is 0 Å². The van der Waals surface area contributed by atoms with Gasteiger partial charge in [0.25, 0.3) is 5.91 Å². The molecule has 178 valence electrons. The number of likely N-dealkylation sites (N-methyl/N-ethyl adjacent to an activating group) is 1. The van der Waals surface area contributed by atoms with Crippen LogP contribution >= 0.6 is 0 Å². The lowest BCUT2D eigenvalue weighted by Crippen LogP contribution is -2.47. The highest BCUT2D eigenvalue weighted by molar-refractivity contribution is 7.88. The van der Waals surface area contributed by atoms with Gasteiger partial charge in [0.05, 0.1) is 6.26 Å². The Morgan fingerprint density at radius 3 is 1.79 bits per heavy atom. The maximum Gasteiger partial charge on any atom is 0.253 e. The highest BCUT2D eigenvalue weighted by Gasteiger charge is 2.20. The second-order valence-electron chi connectivity index (χ2n) is 8.89. The van der Waals surface area contributed by atoms with Crippen molar-refractivity contribution in [2.75, 3.05) is 39.5 Å². The van der Waals surface area contributed by atoms with E-state index in [1.54, 1.807) is 0 Å². The third kappa shape index (κ3) is 6.11. The lowest BCUT2D eigenvalue weighted by Gasteiger charge is -2.32. The van der Waals surface area contributed by atoms with Crippen molar-refractivity contribution in [1.29, 1.82) is 0 Å². The molecule has 0 N–H and O–H groups in total. The molecule has 1 amide bonds. The minimum Gasteiger partial charge on any atom is -0.336 e. The van der Waals surface area contributed by atoms with Crippen LogP contribution in [0.5, 0.6) is 0 Å². The predicted molar refractivity (Wildman–Crippen MR) is 136 cm³/mol. The van der Waals surface area contributed by atoms with E-state index in [1.807, 2.05) is 83.8 Å². The average Bonchev–Trinajstić information content (AvgIpc) is 2.84. The summed E-state index contributed by atoms with van der Waals surface area (Å²) < 4.78 is 26.2. The molecule has 0 radical (unpaired) electrons. The number of hydrogen-bond donors (Lipinski definition) is 0. The van der Waals surface area contributed by atoms with Gasteiger partial charge in [-0.25, -0.2) is 8.42 Å². The van der Waals surface area contributed by atoms with E-state index in [0.717, 1.165) is 48.4 Å². The molecule has 0 unspecified atom stereocenters. The van der Waals surface area contributed by atoms with Gasteiger partial charge in [0.15, 0.2) is 0 Å². The van der Waals surface area contributed by atoms with Gasteiger partial charge in [-0.2, -0.15) is 4.31 Å². The zero-order chi connectivity index (χ0) is 24.1. The van der Waals surface area contributed by atoms with Crippen LogP contribution in [-0.2, 0) is 23.1 Å². The molecule has 0 aromatic heterocycles. The number of amides is 1. The molecule has 0 saturated carbocycles. The molecule has 4 rings (SSSR count). The number of carbonyl (C=O) groups excluding carboxylic acids is 1. The quantitative estimate of drug-likeness (QED) is 0.521. The lowest BCUT2D eigenvalue weighted by molar-refractivity contribution is 0.0664. The fourth-order valence-electron chi connectivity index (χ4n) is 4.08. The zero-order valence-electron chi connectivity index (χ0n) is 19.7. The molecule has 0 aliphatic carbocycles. The maximum atomic E-state index is 12.8. The van der Waals surface area contributed by atoms with Gasteiger partial charge in [-0.15, -0.1) is 0 Å². The lowest BCUT2D eigenvalue weighted by atomic mass is 10.0. The van der Waals surface area contributed by atoms with E-state index >= 15 is 0 Å². The maximum absolute atomic E-state index is 12.8. The van der Waals surface area contributed by atoms with Crippen LogP contribution in [0.2, 0.25) is 0 Å². The average molecular weight is 478 g/mol. The number of rotatable bonds is 7. The topological polar surface area (TPSA) is 60.9 Å². The third-order valence-electron chi connectivity index (χ3n) is 6.24. The molecule has 1 saturated heterocycles. The van der Waals surface area contributed by atoms with Crippen LogP contribution in [0, 0.1) is 0 Å². The summed E-state index contributed by atoms with van der Waals surface area (Å²) in [5.74, 6) is 0.0780. The zero-order valence-corrected chi connectivity index (χ0v) is 20.5. The van der Waals surface area contributed by atoms with Crippen molar-refractivity contribution in [1.82, 2.24) is 14.1 Å². The van der Waals surface area contributed by atoms with Crippen LogP contribution in [0.1, 0.15) is 21.5 Å². The smallest absolute Gasteiger partial charge is 0.253 e. The van der Waals surface area contributed by atoms with E-state index < -0.39 is 10.0 Å². The van der Waals surface area contributed by atoms with Gasteiger partial charge < -0.3 is 9.80 Å². The van der Waals surface area contributed by atoms with Crippen LogP contribution in [0.4, 0.5) is 0 Å². The van der Waals surface area contributed by atoms with E-state index in [4.69, 9.17) is 0 Å². The summed E-state index contributed by atoms with van der Waals surface area (Å²) in [4.78, 5) is 16.9. The molecule has 0 spiro atoms. The second kappa shape index (κ2) is 10.5. The summed E-state index contributed by atoms with van der Waals surface area (Å²) in [5, 5.41) is 0. The minimum atomic E-state index is -3.35. The Hall–Kier alpha value is -3.00. The van der Waals surface area contributed by atoms with Gasteiger partial charge >= 0.3 is 0 Å². The minimum absolute atomic E-state index is 0.0780. The van der Waals surface area contributed by atoms with E-state index in [2.05, 4.69) is 11.9 Å². The van der Waals surface area contributed by atoms with Crippen molar-refractivity contribution in [2.45, 2.75) is 13.1 Å². The Labute approximate surface area is 202 Å². The molecular weight excluding hydrogens is 446 g/mol. The molecule has 34 heavy (non-hydrogen) atoms. The van der Waals surface area contributed by atoms with Gasteiger partial charge in [-0.1, -0.05) is 66.7 Å². The van der Waals surface area contributed by atoms with E-state index in [1.165, 1.54) is 10.6 Å². The fourth-order valence-corrected chi connectivity index (χ4v) is 4.85. The Morgan fingerprint density at radius 1 is 0.765 bits per heavy atom. The van der Waals surface area contributed by atoms with Crippen LogP contribution in [0.25, 0.3) is 11.1 Å². The van der Waals surface area contributed by atoms with Crippen LogP contribution in [0.15, 0.2) is 78.9 Å². The largest absolute Gasteiger partial charge is 0.336 e. The highest BCUT2D eigenvalue weighted by Crippen LogP contribution is 2.22. The molecule has 3 aromatic rings. The number of sulfonamides is 1. The first-order chi connectivity index (χ1) is 16.3. The summed E-state index contributed by atoms with van der Waals surface area (Å²) in [6, 6.07) is 25.2. The number of benzene rings is 3.